The Labute approximate surface area is 178 Å². The third kappa shape index (κ3) is 4.11. The minimum absolute atomic E-state index is 0.180. The van der Waals surface area contributed by atoms with Gasteiger partial charge in [0.25, 0.3) is 10.9 Å². The van der Waals surface area contributed by atoms with Crippen LogP contribution in [0.3, 0.4) is 0 Å². The molecular weight excluding hydrogens is 429 g/mol. The maximum absolute atomic E-state index is 12.6. The first-order valence-corrected chi connectivity index (χ1v) is 9.40. The minimum Gasteiger partial charge on any atom is -0.374 e. The molecule has 12 heteroatoms. The molecule has 0 saturated heterocycles. The van der Waals surface area contributed by atoms with Crippen LogP contribution in [0.15, 0.2) is 50.6 Å². The Bertz CT molecular complexity index is 1320. The first kappa shape index (κ1) is 21.3. The Balaban J connectivity index is 1.45. The van der Waals surface area contributed by atoms with Crippen LogP contribution >= 0.6 is 0 Å². The van der Waals surface area contributed by atoms with Gasteiger partial charge in [-0.2, -0.15) is 23.3 Å². The number of nitrogens with zero attached hydrogens (tertiary/aromatic N) is 5. The van der Waals surface area contributed by atoms with Crippen LogP contribution in [-0.4, -0.2) is 27.0 Å². The number of benzene rings is 1. The molecule has 0 aliphatic rings. The van der Waals surface area contributed by atoms with E-state index in [1.165, 1.54) is 0 Å². The van der Waals surface area contributed by atoms with E-state index in [0.717, 1.165) is 11.3 Å². The quantitative estimate of drug-likeness (QED) is 0.431. The van der Waals surface area contributed by atoms with Gasteiger partial charge >= 0.3 is 12.1 Å². The number of hydrogen-bond donors (Lipinski definition) is 1. The lowest BCUT2D eigenvalue weighted by Gasteiger charge is -2.23. The molecular formula is C20H17F3N6O3. The van der Waals surface area contributed by atoms with Gasteiger partial charge < -0.3 is 14.7 Å². The maximum Gasteiger partial charge on any atom is 0.471 e. The largest absolute Gasteiger partial charge is 0.471 e. The van der Waals surface area contributed by atoms with E-state index < -0.39 is 22.9 Å². The number of hydrogen-bond acceptors (Lipinski definition) is 8. The summed E-state index contributed by atoms with van der Waals surface area (Å²) in [5, 5.41) is 10.5. The van der Waals surface area contributed by atoms with Crippen LogP contribution in [0.2, 0.25) is 0 Å². The van der Waals surface area contributed by atoms with Gasteiger partial charge in [0.2, 0.25) is 5.82 Å². The third-order valence-electron chi connectivity index (χ3n) is 4.78. The molecule has 0 aliphatic heterocycles. The topological polar surface area (TPSA) is 106 Å². The molecule has 0 bridgehead atoms. The van der Waals surface area contributed by atoms with Crippen LogP contribution in [-0.2, 0) is 26.3 Å². The van der Waals surface area contributed by atoms with Crippen molar-refractivity contribution >= 4 is 11.4 Å². The van der Waals surface area contributed by atoms with Crippen molar-refractivity contribution in [1.82, 2.24) is 19.9 Å². The molecule has 32 heavy (non-hydrogen) atoms. The van der Waals surface area contributed by atoms with E-state index >= 15 is 0 Å². The van der Waals surface area contributed by atoms with Crippen LogP contribution in [0, 0.1) is 0 Å². The van der Waals surface area contributed by atoms with Crippen molar-refractivity contribution in [2.75, 3.05) is 17.3 Å². The van der Waals surface area contributed by atoms with Crippen molar-refractivity contribution < 1.29 is 17.7 Å². The molecule has 4 rings (SSSR count). The highest BCUT2D eigenvalue weighted by molar-refractivity contribution is 5.75. The van der Waals surface area contributed by atoms with Crippen molar-refractivity contribution in [2.24, 2.45) is 7.05 Å². The zero-order chi connectivity index (χ0) is 23.0. The second kappa shape index (κ2) is 7.94. The van der Waals surface area contributed by atoms with E-state index in [0.29, 0.717) is 18.7 Å². The normalized spacial score (nSPS) is 11.8. The first-order chi connectivity index (χ1) is 15.1. The fraction of sp³-hybridized carbons (Fsp3) is 0.250. The lowest BCUT2D eigenvalue weighted by Crippen LogP contribution is -2.41. The monoisotopic (exact) mass is 446 g/mol. The standard InChI is InChI=1S/C20H17F3N6O3/c1-28(15-14(16(30)17(15)31)24-9-13-7-8-29(2)26-13)10-11-3-5-12(6-4-11)18-25-19(32-27-18)20(21,22)23/h3-8,24H,9-10H2,1-2H3. The highest BCUT2D eigenvalue weighted by atomic mass is 19.4. The smallest absolute Gasteiger partial charge is 0.374 e. The zero-order valence-corrected chi connectivity index (χ0v) is 17.0. The number of nitrogens with one attached hydrogen (secondary N) is 1. The van der Waals surface area contributed by atoms with Gasteiger partial charge in [-0.25, -0.2) is 0 Å². The molecule has 2 aromatic carbocycles. The predicted molar refractivity (Wildman–Crippen MR) is 109 cm³/mol. The fourth-order valence-electron chi connectivity index (χ4n) is 3.21. The Kier molecular flexibility index (Phi) is 5.28. The van der Waals surface area contributed by atoms with Gasteiger partial charge in [0.1, 0.15) is 11.4 Å². The summed E-state index contributed by atoms with van der Waals surface area (Å²) in [6, 6.07) is 8.24. The van der Waals surface area contributed by atoms with Gasteiger partial charge in [-0.3, -0.25) is 14.3 Å². The molecule has 2 aromatic heterocycles. The number of alkyl halides is 3. The fourth-order valence-corrected chi connectivity index (χ4v) is 3.21. The van der Waals surface area contributed by atoms with Crippen LogP contribution in [0.4, 0.5) is 24.5 Å². The molecule has 0 atom stereocenters. The van der Waals surface area contributed by atoms with E-state index in [-0.39, 0.29) is 17.2 Å². The lowest BCUT2D eigenvalue weighted by atomic mass is 10.1. The van der Waals surface area contributed by atoms with Crippen molar-refractivity contribution in [3.8, 4) is 11.4 Å². The van der Waals surface area contributed by atoms with Crippen molar-refractivity contribution in [2.45, 2.75) is 19.3 Å². The Morgan fingerprint density at radius 2 is 1.84 bits per heavy atom. The Morgan fingerprint density at radius 1 is 1.12 bits per heavy atom. The molecule has 1 N–H and O–H groups in total. The minimum atomic E-state index is -4.71. The molecule has 4 aromatic rings. The second-order valence-electron chi connectivity index (χ2n) is 7.19. The highest BCUT2D eigenvalue weighted by Crippen LogP contribution is 2.29. The van der Waals surface area contributed by atoms with Gasteiger partial charge in [0.05, 0.1) is 12.2 Å². The van der Waals surface area contributed by atoms with E-state index in [1.54, 1.807) is 60.2 Å². The second-order valence-corrected chi connectivity index (χ2v) is 7.19. The van der Waals surface area contributed by atoms with E-state index in [1.807, 2.05) is 0 Å². The highest BCUT2D eigenvalue weighted by Gasteiger charge is 2.38. The van der Waals surface area contributed by atoms with Gasteiger partial charge in [-0.1, -0.05) is 29.4 Å². The van der Waals surface area contributed by atoms with E-state index in [9.17, 15) is 22.8 Å². The Hall–Kier alpha value is -3.96. The summed E-state index contributed by atoms with van der Waals surface area (Å²) >= 11 is 0. The molecule has 0 spiro atoms. The molecule has 0 radical (unpaired) electrons. The van der Waals surface area contributed by atoms with Crippen molar-refractivity contribution in [3.63, 3.8) is 0 Å². The summed E-state index contributed by atoms with van der Waals surface area (Å²) in [7, 11) is 3.45. The number of halogens is 3. The average Bonchev–Trinajstić information content (AvgIpc) is 3.40. The van der Waals surface area contributed by atoms with E-state index in [2.05, 4.69) is 25.1 Å². The van der Waals surface area contributed by atoms with Crippen LogP contribution in [0.25, 0.3) is 11.4 Å². The summed E-state index contributed by atoms with van der Waals surface area (Å²) in [4.78, 5) is 29.1. The molecule has 0 aliphatic carbocycles. The maximum atomic E-state index is 12.6. The first-order valence-electron chi connectivity index (χ1n) is 9.40. The molecule has 166 valence electrons. The van der Waals surface area contributed by atoms with Crippen molar-refractivity contribution in [1.29, 1.82) is 0 Å². The number of aromatic nitrogens is 4. The lowest BCUT2D eigenvalue weighted by molar-refractivity contribution is -0.159. The molecule has 2 heterocycles. The molecule has 0 saturated carbocycles. The third-order valence-corrected chi connectivity index (χ3v) is 4.78. The summed E-state index contributed by atoms with van der Waals surface area (Å²) in [5.74, 6) is -1.59. The van der Waals surface area contributed by atoms with Gasteiger partial charge in [-0.15, -0.1) is 0 Å². The van der Waals surface area contributed by atoms with Crippen LogP contribution in [0.5, 0.6) is 0 Å². The number of aryl methyl sites for hydroxylation is 1. The van der Waals surface area contributed by atoms with Crippen LogP contribution in [0.1, 0.15) is 17.1 Å². The molecule has 0 amide bonds. The molecule has 0 unspecified atom stereocenters. The van der Waals surface area contributed by atoms with Gasteiger partial charge in [-0.05, 0) is 11.6 Å². The number of rotatable bonds is 7. The average molecular weight is 446 g/mol. The van der Waals surface area contributed by atoms with Crippen LogP contribution < -0.4 is 21.1 Å². The SMILES string of the molecule is CN(Cc1ccc(-c2noc(C(F)(F)F)n2)cc1)c1c(NCc2ccn(C)n2)c(=O)c1=O. The Morgan fingerprint density at radius 3 is 2.44 bits per heavy atom. The van der Waals surface area contributed by atoms with Gasteiger partial charge in [0, 0.05) is 32.4 Å². The molecule has 9 nitrogen and oxygen atoms in total. The summed E-state index contributed by atoms with van der Waals surface area (Å²) in [5.41, 5.74) is 1.16. The van der Waals surface area contributed by atoms with E-state index in [4.69, 9.17) is 0 Å². The van der Waals surface area contributed by atoms with Crippen molar-refractivity contribution in [3.05, 3.63) is 74.1 Å². The van der Waals surface area contributed by atoms with Gasteiger partial charge in [0.15, 0.2) is 0 Å². The zero-order valence-electron chi connectivity index (χ0n) is 17.0. The summed E-state index contributed by atoms with van der Waals surface area (Å²) in [6.45, 7) is 0.593. The molecule has 0 fully saturated rings. The predicted octanol–water partition coefficient (Wildman–Crippen LogP) is 2.33. The summed E-state index contributed by atoms with van der Waals surface area (Å²) < 4.78 is 43.7. The summed E-state index contributed by atoms with van der Waals surface area (Å²) in [6.07, 6.45) is -2.94. The number of anilines is 2.